The average Bonchev–Trinajstić information content (AvgIpc) is 2.91. The second kappa shape index (κ2) is 6.28. The number of aromatic nitrogens is 1. The van der Waals surface area contributed by atoms with Gasteiger partial charge < -0.3 is 20.8 Å². The fourth-order valence-electron chi connectivity index (χ4n) is 2.79. The molecular formula is C16H21N3O2. The van der Waals surface area contributed by atoms with E-state index in [1.807, 2.05) is 30.5 Å². The Balaban J connectivity index is 1.62. The summed E-state index contributed by atoms with van der Waals surface area (Å²) in [5.74, 6) is -0.101. The van der Waals surface area contributed by atoms with Gasteiger partial charge in [0.25, 0.3) is 0 Å². The third-order valence-electron chi connectivity index (χ3n) is 3.96. The van der Waals surface area contributed by atoms with Gasteiger partial charge in [-0.1, -0.05) is 18.2 Å². The predicted octanol–water partition coefficient (Wildman–Crippen LogP) is 1.33. The molecule has 1 fully saturated rings. The number of amides is 1. The van der Waals surface area contributed by atoms with Gasteiger partial charge in [-0.05, 0) is 30.9 Å². The molecule has 2 atom stereocenters. The third kappa shape index (κ3) is 3.25. The zero-order valence-corrected chi connectivity index (χ0v) is 12.0. The van der Waals surface area contributed by atoms with Crippen LogP contribution in [0.25, 0.3) is 10.9 Å². The van der Waals surface area contributed by atoms with Crippen LogP contribution in [0.5, 0.6) is 0 Å². The molecule has 0 bridgehead atoms. The fraction of sp³-hybridized carbons (Fsp3) is 0.438. The van der Waals surface area contributed by atoms with Crippen molar-refractivity contribution in [2.45, 2.75) is 31.3 Å². The van der Waals surface area contributed by atoms with Gasteiger partial charge in [0.15, 0.2) is 0 Å². The fourth-order valence-corrected chi connectivity index (χ4v) is 2.79. The van der Waals surface area contributed by atoms with Gasteiger partial charge in [0.2, 0.25) is 5.91 Å². The van der Waals surface area contributed by atoms with Crippen LogP contribution in [0, 0.1) is 0 Å². The van der Waals surface area contributed by atoms with Gasteiger partial charge in [0, 0.05) is 23.7 Å². The molecular weight excluding hydrogens is 266 g/mol. The number of hydrogen-bond donors (Lipinski definition) is 3. The van der Waals surface area contributed by atoms with Gasteiger partial charge in [-0.15, -0.1) is 0 Å². The van der Waals surface area contributed by atoms with Gasteiger partial charge in [-0.2, -0.15) is 0 Å². The quantitative estimate of drug-likeness (QED) is 0.793. The minimum Gasteiger partial charge on any atom is -0.379 e. The van der Waals surface area contributed by atoms with Crippen LogP contribution in [-0.2, 0) is 16.0 Å². The van der Waals surface area contributed by atoms with Crippen molar-refractivity contribution in [3.63, 3.8) is 0 Å². The lowest BCUT2D eigenvalue weighted by molar-refractivity contribution is -0.124. The van der Waals surface area contributed by atoms with Crippen LogP contribution in [0.1, 0.15) is 18.4 Å². The van der Waals surface area contributed by atoms with Crippen LogP contribution in [0.4, 0.5) is 0 Å². The number of ether oxygens (including phenoxy) is 1. The van der Waals surface area contributed by atoms with Crippen LogP contribution in [-0.4, -0.2) is 36.2 Å². The third-order valence-corrected chi connectivity index (χ3v) is 3.96. The minimum absolute atomic E-state index is 0.0975. The van der Waals surface area contributed by atoms with Crippen molar-refractivity contribution in [3.05, 3.63) is 36.0 Å². The number of para-hydroxylation sites is 1. The molecule has 0 saturated carbocycles. The van der Waals surface area contributed by atoms with Crippen LogP contribution in [0.3, 0.4) is 0 Å². The Bertz CT molecular complexity index is 617. The van der Waals surface area contributed by atoms with Gasteiger partial charge in [-0.3, -0.25) is 4.79 Å². The first-order valence-electron chi connectivity index (χ1n) is 7.43. The Morgan fingerprint density at radius 2 is 2.33 bits per heavy atom. The smallest absolute Gasteiger partial charge is 0.237 e. The summed E-state index contributed by atoms with van der Waals surface area (Å²) in [5.41, 5.74) is 8.20. The molecule has 2 heterocycles. The number of H-pyrrole nitrogens is 1. The number of hydrogen-bond acceptors (Lipinski definition) is 3. The first-order chi connectivity index (χ1) is 10.2. The molecule has 2 aromatic rings. The van der Waals surface area contributed by atoms with E-state index < -0.39 is 6.04 Å². The number of carbonyl (C=O) groups is 1. The van der Waals surface area contributed by atoms with Crippen LogP contribution in [0.15, 0.2) is 30.5 Å². The Labute approximate surface area is 123 Å². The van der Waals surface area contributed by atoms with E-state index in [1.54, 1.807) is 0 Å². The number of nitrogens with one attached hydrogen (secondary N) is 2. The largest absolute Gasteiger partial charge is 0.379 e. The molecule has 1 saturated heterocycles. The zero-order chi connectivity index (χ0) is 14.7. The summed E-state index contributed by atoms with van der Waals surface area (Å²) in [6, 6.07) is 7.60. The van der Waals surface area contributed by atoms with Crippen molar-refractivity contribution in [1.82, 2.24) is 10.3 Å². The van der Waals surface area contributed by atoms with Crippen molar-refractivity contribution in [2.24, 2.45) is 5.73 Å². The van der Waals surface area contributed by atoms with E-state index >= 15 is 0 Å². The van der Waals surface area contributed by atoms with Crippen molar-refractivity contribution in [3.8, 4) is 0 Å². The summed E-state index contributed by atoms with van der Waals surface area (Å²) in [4.78, 5) is 15.4. The molecule has 0 radical (unpaired) electrons. The highest BCUT2D eigenvalue weighted by molar-refractivity contribution is 5.86. The Morgan fingerprint density at radius 3 is 3.14 bits per heavy atom. The molecule has 1 aliphatic rings. The predicted molar refractivity (Wildman–Crippen MR) is 82.0 cm³/mol. The number of rotatable bonds is 4. The number of aromatic amines is 1. The Morgan fingerprint density at radius 1 is 1.48 bits per heavy atom. The van der Waals surface area contributed by atoms with Crippen LogP contribution in [0.2, 0.25) is 0 Å². The van der Waals surface area contributed by atoms with E-state index in [4.69, 9.17) is 10.5 Å². The lowest BCUT2D eigenvalue weighted by Crippen LogP contribution is -2.48. The number of benzene rings is 1. The zero-order valence-electron chi connectivity index (χ0n) is 12.0. The molecule has 4 N–H and O–H groups in total. The molecule has 112 valence electrons. The van der Waals surface area contributed by atoms with Gasteiger partial charge in [-0.25, -0.2) is 0 Å². The summed E-state index contributed by atoms with van der Waals surface area (Å²) >= 11 is 0. The van der Waals surface area contributed by atoms with Crippen molar-refractivity contribution in [2.75, 3.05) is 13.2 Å². The highest BCUT2D eigenvalue weighted by Crippen LogP contribution is 2.18. The molecule has 21 heavy (non-hydrogen) atoms. The topological polar surface area (TPSA) is 80.1 Å². The van der Waals surface area contributed by atoms with Gasteiger partial charge in [0.05, 0.1) is 18.7 Å². The first kappa shape index (κ1) is 14.1. The molecule has 5 nitrogen and oxygen atoms in total. The monoisotopic (exact) mass is 287 g/mol. The van der Waals surface area contributed by atoms with E-state index in [-0.39, 0.29) is 11.9 Å². The van der Waals surface area contributed by atoms with Gasteiger partial charge in [0.1, 0.15) is 0 Å². The Hall–Kier alpha value is -1.85. The molecule has 5 heteroatoms. The van der Waals surface area contributed by atoms with Crippen molar-refractivity contribution < 1.29 is 9.53 Å². The first-order valence-corrected chi connectivity index (χ1v) is 7.43. The summed E-state index contributed by atoms with van der Waals surface area (Å²) in [6.07, 6.45) is 4.42. The average molecular weight is 287 g/mol. The normalized spacial score (nSPS) is 20.3. The summed E-state index contributed by atoms with van der Waals surface area (Å²) in [6.45, 7) is 1.37. The van der Waals surface area contributed by atoms with E-state index in [9.17, 15) is 4.79 Å². The minimum atomic E-state index is -0.536. The maximum atomic E-state index is 12.2. The number of carbonyl (C=O) groups excluding carboxylic acids is 1. The molecule has 1 aliphatic heterocycles. The second-order valence-corrected chi connectivity index (χ2v) is 5.59. The second-order valence-electron chi connectivity index (χ2n) is 5.59. The highest BCUT2D eigenvalue weighted by Gasteiger charge is 2.21. The Kier molecular flexibility index (Phi) is 4.22. The van der Waals surface area contributed by atoms with E-state index in [0.717, 1.165) is 35.9 Å². The molecule has 1 unspecified atom stereocenters. The summed E-state index contributed by atoms with van der Waals surface area (Å²) in [7, 11) is 0. The molecule has 0 spiro atoms. The summed E-state index contributed by atoms with van der Waals surface area (Å²) in [5, 5.41) is 4.11. The lowest BCUT2D eigenvalue weighted by Gasteiger charge is -2.24. The molecule has 1 aromatic heterocycles. The molecule has 1 amide bonds. The highest BCUT2D eigenvalue weighted by atomic mass is 16.5. The number of fused-ring (bicyclic) bond motifs is 1. The summed E-state index contributed by atoms with van der Waals surface area (Å²) < 4.78 is 5.37. The molecule has 3 rings (SSSR count). The van der Waals surface area contributed by atoms with Crippen LogP contribution >= 0.6 is 0 Å². The maximum absolute atomic E-state index is 12.2. The van der Waals surface area contributed by atoms with Gasteiger partial charge >= 0.3 is 0 Å². The van der Waals surface area contributed by atoms with E-state index in [1.165, 1.54) is 0 Å². The van der Waals surface area contributed by atoms with E-state index in [0.29, 0.717) is 13.0 Å². The van der Waals surface area contributed by atoms with Crippen LogP contribution < -0.4 is 11.1 Å². The maximum Gasteiger partial charge on any atom is 0.237 e. The molecule has 0 aliphatic carbocycles. The SMILES string of the molecule is N[C@@H](Cc1c[nH]c2ccccc12)C(=O)NC1CCCOC1. The van der Waals surface area contributed by atoms with Crippen molar-refractivity contribution >= 4 is 16.8 Å². The number of nitrogens with two attached hydrogens (primary N) is 1. The van der Waals surface area contributed by atoms with E-state index in [2.05, 4.69) is 10.3 Å². The standard InChI is InChI=1S/C16H21N3O2/c17-14(16(20)19-12-4-3-7-21-10-12)8-11-9-18-15-6-2-1-5-13(11)15/h1-2,5-6,9,12,14,18H,3-4,7-8,10,17H2,(H,19,20)/t12?,14-/m0/s1. The van der Waals surface area contributed by atoms with Crippen molar-refractivity contribution in [1.29, 1.82) is 0 Å². The lowest BCUT2D eigenvalue weighted by atomic mass is 10.0. The molecule has 1 aromatic carbocycles.